The molecular formula is C17H24FNO3. The molecule has 0 saturated heterocycles. The maximum absolute atomic E-state index is 12.8. The van der Waals surface area contributed by atoms with E-state index in [0.29, 0.717) is 18.1 Å². The Bertz CT molecular complexity index is 497. The van der Waals surface area contributed by atoms with Crippen molar-refractivity contribution in [1.82, 2.24) is 5.32 Å². The number of aliphatic hydroxyl groups excluding tert-OH is 1. The Kier molecular flexibility index (Phi) is 7.77. The number of aliphatic hydroxyl groups is 1. The summed E-state index contributed by atoms with van der Waals surface area (Å²) in [4.78, 5) is 11.9. The lowest BCUT2D eigenvalue weighted by atomic mass is 10.1. The van der Waals surface area contributed by atoms with Crippen LogP contribution in [0.15, 0.2) is 29.8 Å². The molecule has 22 heavy (non-hydrogen) atoms. The van der Waals surface area contributed by atoms with Gasteiger partial charge in [0.05, 0.1) is 12.7 Å². The molecule has 0 bridgehead atoms. The summed E-state index contributed by atoms with van der Waals surface area (Å²) in [5, 5.41) is 12.4. The number of carbonyl (C=O) groups is 1. The van der Waals surface area contributed by atoms with E-state index in [9.17, 15) is 14.3 Å². The summed E-state index contributed by atoms with van der Waals surface area (Å²) in [6, 6.07) is 5.88. The van der Waals surface area contributed by atoms with Gasteiger partial charge in [0, 0.05) is 18.7 Å². The summed E-state index contributed by atoms with van der Waals surface area (Å²) in [6.07, 6.45) is 0.928. The average Bonchev–Trinajstić information content (AvgIpc) is 2.46. The number of benzene rings is 1. The zero-order valence-electron chi connectivity index (χ0n) is 13.3. The number of hydrogen-bond acceptors (Lipinski definition) is 3. The van der Waals surface area contributed by atoms with Crippen molar-refractivity contribution < 1.29 is 19.0 Å². The number of carbonyl (C=O) groups excluding carboxylic acids is 1. The molecule has 122 valence electrons. The summed E-state index contributed by atoms with van der Waals surface area (Å²) in [5.41, 5.74) is 1.23. The smallest absolute Gasteiger partial charge is 0.247 e. The first-order valence-electron chi connectivity index (χ1n) is 7.36. The molecule has 0 saturated carbocycles. The predicted octanol–water partition coefficient (Wildman–Crippen LogP) is 2.38. The number of hydrogen-bond donors (Lipinski definition) is 2. The van der Waals surface area contributed by atoms with Crippen molar-refractivity contribution in [3.63, 3.8) is 0 Å². The SMILES string of the molecule is C/C(=C\c1ccc(F)cc1)C(=O)NCC(O)COCC(C)C. The van der Waals surface area contributed by atoms with Crippen molar-refractivity contribution in [2.75, 3.05) is 19.8 Å². The van der Waals surface area contributed by atoms with Gasteiger partial charge in [-0.2, -0.15) is 0 Å². The minimum atomic E-state index is -0.735. The van der Waals surface area contributed by atoms with Crippen LogP contribution in [-0.4, -0.2) is 36.9 Å². The molecule has 2 N–H and O–H groups in total. The molecular weight excluding hydrogens is 285 g/mol. The highest BCUT2D eigenvalue weighted by Gasteiger charge is 2.09. The zero-order chi connectivity index (χ0) is 16.5. The molecule has 1 unspecified atom stereocenters. The van der Waals surface area contributed by atoms with Crippen LogP contribution in [0, 0.1) is 11.7 Å². The van der Waals surface area contributed by atoms with Gasteiger partial charge >= 0.3 is 0 Å². The van der Waals surface area contributed by atoms with Gasteiger partial charge in [-0.15, -0.1) is 0 Å². The third kappa shape index (κ3) is 7.33. The minimum absolute atomic E-state index is 0.130. The molecule has 0 spiro atoms. The molecule has 1 aromatic rings. The normalized spacial score (nSPS) is 13.3. The van der Waals surface area contributed by atoms with Crippen LogP contribution in [0.5, 0.6) is 0 Å². The van der Waals surface area contributed by atoms with Gasteiger partial charge in [-0.25, -0.2) is 4.39 Å². The van der Waals surface area contributed by atoms with Gasteiger partial charge < -0.3 is 15.2 Å². The third-order valence-electron chi connectivity index (χ3n) is 2.87. The van der Waals surface area contributed by atoms with Crippen LogP contribution >= 0.6 is 0 Å². The zero-order valence-corrected chi connectivity index (χ0v) is 13.3. The van der Waals surface area contributed by atoms with Gasteiger partial charge in [0.25, 0.3) is 0 Å². The van der Waals surface area contributed by atoms with Crippen LogP contribution in [0.1, 0.15) is 26.3 Å². The Morgan fingerprint density at radius 1 is 1.32 bits per heavy atom. The standard InChI is InChI=1S/C17H24FNO3/c1-12(2)10-22-11-16(20)9-19-17(21)13(3)8-14-4-6-15(18)7-5-14/h4-8,12,16,20H,9-11H2,1-3H3,(H,19,21)/b13-8+. The van der Waals surface area contributed by atoms with Crippen LogP contribution in [0.2, 0.25) is 0 Å². The fourth-order valence-corrected chi connectivity index (χ4v) is 1.72. The molecule has 1 rings (SSSR count). The Morgan fingerprint density at radius 3 is 2.55 bits per heavy atom. The first-order valence-corrected chi connectivity index (χ1v) is 7.36. The van der Waals surface area contributed by atoms with Crippen LogP contribution in [0.3, 0.4) is 0 Å². The highest BCUT2D eigenvalue weighted by molar-refractivity contribution is 5.97. The average molecular weight is 309 g/mol. The lowest BCUT2D eigenvalue weighted by Gasteiger charge is -2.13. The minimum Gasteiger partial charge on any atom is -0.389 e. The van der Waals surface area contributed by atoms with Crippen LogP contribution < -0.4 is 5.32 Å². The Balaban J connectivity index is 2.39. The first-order chi connectivity index (χ1) is 10.4. The van der Waals surface area contributed by atoms with Crippen molar-refractivity contribution >= 4 is 12.0 Å². The van der Waals surface area contributed by atoms with E-state index < -0.39 is 6.10 Å². The van der Waals surface area contributed by atoms with Crippen LogP contribution in [-0.2, 0) is 9.53 Å². The van der Waals surface area contributed by atoms with Crippen LogP contribution in [0.4, 0.5) is 4.39 Å². The van der Waals surface area contributed by atoms with Crippen molar-refractivity contribution in [2.24, 2.45) is 5.92 Å². The molecule has 0 aromatic heterocycles. The summed E-state index contributed by atoms with van der Waals surface area (Å²) < 4.78 is 18.1. The van der Waals surface area contributed by atoms with E-state index in [0.717, 1.165) is 5.56 Å². The molecule has 5 heteroatoms. The molecule has 0 aliphatic carbocycles. The highest BCUT2D eigenvalue weighted by atomic mass is 19.1. The predicted molar refractivity (Wildman–Crippen MR) is 84.7 cm³/mol. The topological polar surface area (TPSA) is 58.6 Å². The van der Waals surface area contributed by atoms with Gasteiger partial charge in [0.1, 0.15) is 5.82 Å². The van der Waals surface area contributed by atoms with Crippen molar-refractivity contribution in [3.8, 4) is 0 Å². The maximum Gasteiger partial charge on any atom is 0.247 e. The quantitative estimate of drug-likeness (QED) is 0.725. The Morgan fingerprint density at radius 2 is 1.95 bits per heavy atom. The monoisotopic (exact) mass is 309 g/mol. The van der Waals surface area contributed by atoms with Gasteiger partial charge in [-0.05, 0) is 36.6 Å². The van der Waals surface area contributed by atoms with E-state index in [-0.39, 0.29) is 24.9 Å². The number of halogens is 1. The number of nitrogens with one attached hydrogen (secondary N) is 1. The number of ether oxygens (including phenoxy) is 1. The summed E-state index contributed by atoms with van der Waals surface area (Å²) in [6.45, 7) is 6.62. The third-order valence-corrected chi connectivity index (χ3v) is 2.87. The largest absolute Gasteiger partial charge is 0.389 e. The second-order valence-electron chi connectivity index (χ2n) is 5.67. The maximum atomic E-state index is 12.8. The Labute approximate surface area is 131 Å². The van der Waals surface area contributed by atoms with E-state index in [4.69, 9.17) is 4.74 Å². The van der Waals surface area contributed by atoms with Gasteiger partial charge in [0.2, 0.25) is 5.91 Å². The second kappa shape index (κ2) is 9.33. The lowest BCUT2D eigenvalue weighted by Crippen LogP contribution is -2.35. The number of amides is 1. The first kappa shape index (κ1) is 18.3. The van der Waals surface area contributed by atoms with E-state index in [2.05, 4.69) is 5.32 Å². The van der Waals surface area contributed by atoms with Crippen molar-refractivity contribution in [3.05, 3.63) is 41.2 Å². The summed E-state index contributed by atoms with van der Waals surface area (Å²) in [7, 11) is 0. The van der Waals surface area contributed by atoms with Crippen molar-refractivity contribution in [1.29, 1.82) is 0 Å². The summed E-state index contributed by atoms with van der Waals surface area (Å²) >= 11 is 0. The Hall–Kier alpha value is -1.72. The molecule has 1 aromatic carbocycles. The fraction of sp³-hybridized carbons (Fsp3) is 0.471. The molecule has 4 nitrogen and oxygen atoms in total. The van der Waals surface area contributed by atoms with Gasteiger partial charge in [0.15, 0.2) is 0 Å². The molecule has 1 atom stereocenters. The number of rotatable bonds is 8. The van der Waals surface area contributed by atoms with E-state index in [1.54, 1.807) is 25.1 Å². The van der Waals surface area contributed by atoms with Crippen LogP contribution in [0.25, 0.3) is 6.08 Å². The van der Waals surface area contributed by atoms with E-state index >= 15 is 0 Å². The molecule has 0 aliphatic heterocycles. The molecule has 1 amide bonds. The molecule has 0 radical (unpaired) electrons. The van der Waals surface area contributed by atoms with E-state index in [1.165, 1.54) is 12.1 Å². The molecule has 0 fully saturated rings. The van der Waals surface area contributed by atoms with Gasteiger partial charge in [-0.3, -0.25) is 4.79 Å². The van der Waals surface area contributed by atoms with Gasteiger partial charge in [-0.1, -0.05) is 26.0 Å². The fourth-order valence-electron chi connectivity index (χ4n) is 1.72. The highest BCUT2D eigenvalue weighted by Crippen LogP contribution is 2.08. The van der Waals surface area contributed by atoms with Crippen molar-refractivity contribution in [2.45, 2.75) is 26.9 Å². The second-order valence-corrected chi connectivity index (χ2v) is 5.67. The molecule has 0 aliphatic rings. The summed E-state index contributed by atoms with van der Waals surface area (Å²) in [5.74, 6) is -0.182. The van der Waals surface area contributed by atoms with E-state index in [1.807, 2.05) is 13.8 Å². The molecule has 0 heterocycles. The lowest BCUT2D eigenvalue weighted by molar-refractivity contribution is -0.118.